The molecule has 0 fully saturated rings. The van der Waals surface area contributed by atoms with E-state index in [1.54, 1.807) is 0 Å². The molecule has 126 valence electrons. The van der Waals surface area contributed by atoms with Crippen molar-refractivity contribution in [3.63, 3.8) is 0 Å². The number of allylic oxidation sites excluding steroid dienone is 1. The molecule has 0 saturated carbocycles. The van der Waals surface area contributed by atoms with Crippen molar-refractivity contribution < 1.29 is 0 Å². The number of rotatable bonds is 4. The van der Waals surface area contributed by atoms with E-state index in [2.05, 4.69) is 51.8 Å². The molecule has 0 spiro atoms. The molecular formula is C17H11BrN8. The molecule has 8 nitrogen and oxygen atoms in total. The van der Waals surface area contributed by atoms with Crippen LogP contribution in [0.5, 0.6) is 0 Å². The van der Waals surface area contributed by atoms with Crippen molar-refractivity contribution in [1.29, 1.82) is 5.26 Å². The van der Waals surface area contributed by atoms with Crippen LogP contribution < -0.4 is 5.32 Å². The van der Waals surface area contributed by atoms with E-state index in [-0.39, 0.29) is 11.4 Å². The predicted molar refractivity (Wildman–Crippen MR) is 101 cm³/mol. The first-order chi connectivity index (χ1) is 12.7. The number of fused-ring (bicyclic) bond motifs is 1. The smallest absolute Gasteiger partial charge is 0.216 e. The van der Waals surface area contributed by atoms with Gasteiger partial charge in [-0.25, -0.2) is 4.98 Å². The van der Waals surface area contributed by atoms with Crippen LogP contribution in [-0.2, 0) is 0 Å². The Morgan fingerprint density at radius 1 is 1.19 bits per heavy atom. The Kier molecular flexibility index (Phi) is 4.17. The SMILES string of the molecule is N#CC(=CNc1ccc2nc(-c3ccc(Br)cc3)[nH]c2c1)c1nn[nH]n1. The molecule has 0 aliphatic rings. The summed E-state index contributed by atoms with van der Waals surface area (Å²) < 4.78 is 1.02. The second-order valence-corrected chi connectivity index (χ2v) is 6.29. The molecule has 0 radical (unpaired) electrons. The van der Waals surface area contributed by atoms with Crippen molar-refractivity contribution in [3.05, 3.63) is 59.0 Å². The number of benzene rings is 2. The van der Waals surface area contributed by atoms with Gasteiger partial charge in [0.25, 0.3) is 0 Å². The van der Waals surface area contributed by atoms with Crippen LogP contribution in [0.15, 0.2) is 53.1 Å². The molecule has 2 aromatic heterocycles. The van der Waals surface area contributed by atoms with E-state index in [1.807, 2.05) is 48.5 Å². The van der Waals surface area contributed by atoms with E-state index in [1.165, 1.54) is 6.20 Å². The molecule has 2 heterocycles. The molecule has 0 atom stereocenters. The number of nitrogens with one attached hydrogen (secondary N) is 3. The lowest BCUT2D eigenvalue weighted by Gasteiger charge is -2.00. The Labute approximate surface area is 156 Å². The van der Waals surface area contributed by atoms with Gasteiger partial charge in [0, 0.05) is 21.9 Å². The van der Waals surface area contributed by atoms with Gasteiger partial charge in [-0.1, -0.05) is 28.1 Å². The highest BCUT2D eigenvalue weighted by Gasteiger charge is 2.07. The fourth-order valence-electron chi connectivity index (χ4n) is 2.42. The van der Waals surface area contributed by atoms with Gasteiger partial charge >= 0.3 is 0 Å². The van der Waals surface area contributed by atoms with Gasteiger partial charge in [-0.3, -0.25) is 0 Å². The third kappa shape index (κ3) is 3.18. The molecule has 0 amide bonds. The number of aromatic amines is 2. The number of nitriles is 1. The minimum absolute atomic E-state index is 0.236. The first-order valence-corrected chi connectivity index (χ1v) is 8.38. The van der Waals surface area contributed by atoms with Crippen LogP contribution in [0.4, 0.5) is 5.69 Å². The third-order valence-electron chi connectivity index (χ3n) is 3.69. The zero-order chi connectivity index (χ0) is 17.9. The maximum absolute atomic E-state index is 9.20. The maximum atomic E-state index is 9.20. The molecule has 0 saturated heterocycles. The highest BCUT2D eigenvalue weighted by atomic mass is 79.9. The largest absolute Gasteiger partial charge is 0.360 e. The summed E-state index contributed by atoms with van der Waals surface area (Å²) in [6, 6.07) is 15.7. The molecule has 0 aliphatic heterocycles. The molecule has 0 aliphatic carbocycles. The zero-order valence-electron chi connectivity index (χ0n) is 13.2. The third-order valence-corrected chi connectivity index (χ3v) is 4.22. The molecule has 0 unspecified atom stereocenters. The van der Waals surface area contributed by atoms with Crippen molar-refractivity contribution in [2.75, 3.05) is 5.32 Å². The van der Waals surface area contributed by atoms with Crippen LogP contribution >= 0.6 is 15.9 Å². The van der Waals surface area contributed by atoms with Crippen LogP contribution in [0.25, 0.3) is 28.0 Å². The number of halogens is 1. The van der Waals surface area contributed by atoms with Gasteiger partial charge in [0.2, 0.25) is 5.82 Å². The molecule has 4 aromatic rings. The van der Waals surface area contributed by atoms with Crippen molar-refractivity contribution in [2.45, 2.75) is 0 Å². The van der Waals surface area contributed by atoms with Gasteiger partial charge in [0.1, 0.15) is 17.5 Å². The van der Waals surface area contributed by atoms with E-state index in [4.69, 9.17) is 0 Å². The molecule has 2 aromatic carbocycles. The van der Waals surface area contributed by atoms with E-state index in [9.17, 15) is 5.26 Å². The average Bonchev–Trinajstić information content (AvgIpc) is 3.32. The molecular weight excluding hydrogens is 396 g/mol. The van der Waals surface area contributed by atoms with Crippen LogP contribution in [-0.4, -0.2) is 30.6 Å². The van der Waals surface area contributed by atoms with Gasteiger partial charge in [-0.05, 0) is 35.5 Å². The molecule has 9 heteroatoms. The minimum atomic E-state index is 0.236. The van der Waals surface area contributed by atoms with Crippen LogP contribution in [0, 0.1) is 11.3 Å². The quantitative estimate of drug-likeness (QED) is 0.446. The normalized spacial score (nSPS) is 11.5. The van der Waals surface area contributed by atoms with E-state index in [0.717, 1.165) is 32.6 Å². The number of hydrogen-bond acceptors (Lipinski definition) is 6. The second kappa shape index (κ2) is 6.78. The Morgan fingerprint density at radius 3 is 2.77 bits per heavy atom. The van der Waals surface area contributed by atoms with Gasteiger partial charge < -0.3 is 10.3 Å². The average molecular weight is 407 g/mol. The lowest BCUT2D eigenvalue weighted by molar-refractivity contribution is 0.881. The van der Waals surface area contributed by atoms with Gasteiger partial charge in [-0.2, -0.15) is 10.5 Å². The number of imidazole rings is 1. The zero-order valence-corrected chi connectivity index (χ0v) is 14.8. The summed E-state index contributed by atoms with van der Waals surface area (Å²) in [6.07, 6.45) is 1.54. The highest BCUT2D eigenvalue weighted by molar-refractivity contribution is 9.10. The summed E-state index contributed by atoms with van der Waals surface area (Å²) in [5.41, 5.74) is 3.83. The lowest BCUT2D eigenvalue weighted by Crippen LogP contribution is -1.92. The summed E-state index contributed by atoms with van der Waals surface area (Å²) in [5.74, 6) is 1.03. The molecule has 26 heavy (non-hydrogen) atoms. The van der Waals surface area contributed by atoms with E-state index in [0.29, 0.717) is 0 Å². The fraction of sp³-hybridized carbons (Fsp3) is 0. The van der Waals surface area contributed by atoms with Crippen molar-refractivity contribution in [3.8, 4) is 17.5 Å². The number of tetrazole rings is 1. The van der Waals surface area contributed by atoms with Gasteiger partial charge in [0.05, 0.1) is 11.0 Å². The molecule has 3 N–H and O–H groups in total. The topological polar surface area (TPSA) is 119 Å². The van der Waals surface area contributed by atoms with Gasteiger partial charge in [0.15, 0.2) is 0 Å². The summed E-state index contributed by atoms with van der Waals surface area (Å²) in [7, 11) is 0. The number of aromatic nitrogens is 6. The summed E-state index contributed by atoms with van der Waals surface area (Å²) in [6.45, 7) is 0. The fourth-order valence-corrected chi connectivity index (χ4v) is 2.69. The van der Waals surface area contributed by atoms with Gasteiger partial charge in [-0.15, -0.1) is 10.2 Å². The second-order valence-electron chi connectivity index (χ2n) is 5.37. The Morgan fingerprint density at radius 2 is 2.04 bits per heavy atom. The van der Waals surface area contributed by atoms with E-state index < -0.39 is 0 Å². The van der Waals surface area contributed by atoms with Crippen LogP contribution in [0.3, 0.4) is 0 Å². The monoisotopic (exact) mass is 406 g/mol. The number of anilines is 1. The standard InChI is InChI=1S/C17H11BrN8/c18-12-3-1-10(2-4-12)16-21-14-6-5-13(7-15(14)22-16)20-9-11(8-19)17-23-25-26-24-17/h1-7,9,20H,(H,21,22)(H,23,24,25,26). The molecule has 0 bridgehead atoms. The lowest BCUT2D eigenvalue weighted by atomic mass is 10.2. The Hall–Kier alpha value is -3.51. The summed E-state index contributed by atoms with van der Waals surface area (Å²) in [5, 5.41) is 25.6. The summed E-state index contributed by atoms with van der Waals surface area (Å²) in [4.78, 5) is 7.92. The first-order valence-electron chi connectivity index (χ1n) is 7.59. The first kappa shape index (κ1) is 16.0. The minimum Gasteiger partial charge on any atom is -0.360 e. The predicted octanol–water partition coefficient (Wildman–Crippen LogP) is 3.48. The van der Waals surface area contributed by atoms with E-state index >= 15 is 0 Å². The number of hydrogen-bond donors (Lipinski definition) is 3. The highest BCUT2D eigenvalue weighted by Crippen LogP contribution is 2.24. The van der Waals surface area contributed by atoms with Crippen LogP contribution in [0.2, 0.25) is 0 Å². The van der Waals surface area contributed by atoms with Crippen molar-refractivity contribution >= 4 is 38.2 Å². The molecule has 4 rings (SSSR count). The summed E-state index contributed by atoms with van der Waals surface area (Å²) >= 11 is 3.43. The van der Waals surface area contributed by atoms with Crippen molar-refractivity contribution in [2.24, 2.45) is 0 Å². The number of nitrogens with zero attached hydrogens (tertiary/aromatic N) is 5. The Balaban J connectivity index is 1.62. The maximum Gasteiger partial charge on any atom is 0.216 e. The number of H-pyrrole nitrogens is 2. The Bertz CT molecular complexity index is 1120. The van der Waals surface area contributed by atoms with Crippen LogP contribution in [0.1, 0.15) is 5.82 Å². The van der Waals surface area contributed by atoms with Crippen molar-refractivity contribution in [1.82, 2.24) is 30.6 Å².